The van der Waals surface area contributed by atoms with Gasteiger partial charge in [0.05, 0.1) is 19.3 Å². The smallest absolute Gasteiger partial charge is 0.387 e. The van der Waals surface area contributed by atoms with E-state index >= 15 is 0 Å². The predicted molar refractivity (Wildman–Crippen MR) is 122 cm³/mol. The number of alkyl halides is 2. The van der Waals surface area contributed by atoms with Gasteiger partial charge in [-0.25, -0.2) is 0 Å². The van der Waals surface area contributed by atoms with Crippen LogP contribution < -0.4 is 14.4 Å². The van der Waals surface area contributed by atoms with Crippen LogP contribution in [-0.4, -0.2) is 48.9 Å². The number of benzene rings is 2. The van der Waals surface area contributed by atoms with Gasteiger partial charge in [-0.3, -0.25) is 9.69 Å². The van der Waals surface area contributed by atoms with Crippen molar-refractivity contribution in [2.75, 3.05) is 25.1 Å². The summed E-state index contributed by atoms with van der Waals surface area (Å²) in [5, 5.41) is 0.454. The molecule has 1 atom stereocenters. The normalized spacial score (nSPS) is 18.4. The van der Waals surface area contributed by atoms with E-state index in [1.54, 1.807) is 12.1 Å². The van der Waals surface area contributed by atoms with E-state index in [0.717, 1.165) is 35.4 Å². The summed E-state index contributed by atoms with van der Waals surface area (Å²) < 4.78 is 35.0. The number of rotatable bonds is 8. The molecule has 0 spiro atoms. The second-order valence-electron chi connectivity index (χ2n) is 8.23. The molecule has 4 rings (SSSR count). The highest BCUT2D eigenvalue weighted by Gasteiger charge is 2.33. The molecule has 5 nitrogen and oxygen atoms in total. The average molecular weight is 463 g/mol. The number of fused-ring (bicyclic) bond motifs is 1. The number of thioether (sulfide) groups is 1. The lowest BCUT2D eigenvalue weighted by atomic mass is 10.1. The van der Waals surface area contributed by atoms with Crippen LogP contribution in [0.25, 0.3) is 0 Å². The molecule has 2 aliphatic rings. The molecule has 172 valence electrons. The van der Waals surface area contributed by atoms with E-state index in [-0.39, 0.29) is 17.4 Å². The number of amides is 1. The number of anilines is 1. The summed E-state index contributed by atoms with van der Waals surface area (Å²) >= 11 is 1.82. The maximum atomic E-state index is 13.4. The van der Waals surface area contributed by atoms with Gasteiger partial charge in [0.1, 0.15) is 0 Å². The van der Waals surface area contributed by atoms with Crippen molar-refractivity contribution in [2.24, 2.45) is 0 Å². The maximum absolute atomic E-state index is 13.4. The SMILES string of the molecule is COc1cc(CN(CC(=O)N2CCC(C)Sc3ccccc32)C2CC2)ccc1OC(F)F. The Labute approximate surface area is 191 Å². The summed E-state index contributed by atoms with van der Waals surface area (Å²) in [5.74, 6) is 0.356. The molecule has 1 fully saturated rings. The Bertz CT molecular complexity index is 955. The zero-order chi connectivity index (χ0) is 22.7. The van der Waals surface area contributed by atoms with Crippen molar-refractivity contribution in [3.63, 3.8) is 0 Å². The summed E-state index contributed by atoms with van der Waals surface area (Å²) in [6.45, 7) is 0.849. The molecular weight excluding hydrogens is 434 g/mol. The van der Waals surface area contributed by atoms with Crippen LogP contribution in [0.2, 0.25) is 0 Å². The number of ether oxygens (including phenoxy) is 2. The van der Waals surface area contributed by atoms with Crippen LogP contribution in [0.3, 0.4) is 0 Å². The fraction of sp³-hybridized carbons (Fsp3) is 0.458. The molecule has 0 aromatic heterocycles. The molecule has 1 aliphatic carbocycles. The third-order valence-electron chi connectivity index (χ3n) is 5.78. The number of methoxy groups -OCH3 is 1. The van der Waals surface area contributed by atoms with Gasteiger partial charge < -0.3 is 14.4 Å². The Hall–Kier alpha value is -2.32. The van der Waals surface area contributed by atoms with Crippen molar-refractivity contribution in [2.45, 2.75) is 55.5 Å². The second kappa shape index (κ2) is 10.1. The first kappa shape index (κ1) is 22.9. The second-order valence-corrected chi connectivity index (χ2v) is 9.71. The van der Waals surface area contributed by atoms with Crippen LogP contribution in [-0.2, 0) is 11.3 Å². The lowest BCUT2D eigenvalue weighted by Gasteiger charge is -2.28. The minimum Gasteiger partial charge on any atom is -0.493 e. The van der Waals surface area contributed by atoms with E-state index < -0.39 is 6.61 Å². The molecule has 8 heteroatoms. The van der Waals surface area contributed by atoms with Crippen molar-refractivity contribution in [1.82, 2.24) is 4.90 Å². The van der Waals surface area contributed by atoms with Crippen molar-refractivity contribution in [3.05, 3.63) is 48.0 Å². The number of hydrogen-bond acceptors (Lipinski definition) is 5. The molecule has 2 aromatic rings. The van der Waals surface area contributed by atoms with Crippen LogP contribution in [0, 0.1) is 0 Å². The molecular formula is C24H28F2N2O3S. The summed E-state index contributed by atoms with van der Waals surface area (Å²) in [6, 6.07) is 13.4. The summed E-state index contributed by atoms with van der Waals surface area (Å²) in [7, 11) is 1.43. The Morgan fingerprint density at radius 2 is 1.97 bits per heavy atom. The van der Waals surface area contributed by atoms with Crippen molar-refractivity contribution >= 4 is 23.4 Å². The van der Waals surface area contributed by atoms with E-state index in [1.165, 1.54) is 13.2 Å². The van der Waals surface area contributed by atoms with E-state index in [1.807, 2.05) is 34.9 Å². The number of hydrogen-bond donors (Lipinski definition) is 0. The quantitative estimate of drug-likeness (QED) is 0.541. The fourth-order valence-corrected chi connectivity index (χ4v) is 5.11. The molecule has 1 unspecified atom stereocenters. The number of para-hydroxylation sites is 1. The number of carbonyl (C=O) groups is 1. The zero-order valence-electron chi connectivity index (χ0n) is 18.3. The third kappa shape index (κ3) is 5.53. The molecule has 0 bridgehead atoms. The van der Waals surface area contributed by atoms with Gasteiger partial charge >= 0.3 is 6.61 Å². The molecule has 0 saturated heterocycles. The van der Waals surface area contributed by atoms with Gasteiger partial charge in [0.15, 0.2) is 11.5 Å². The lowest BCUT2D eigenvalue weighted by Crippen LogP contribution is -2.41. The molecule has 32 heavy (non-hydrogen) atoms. The highest BCUT2D eigenvalue weighted by Crippen LogP contribution is 2.38. The number of halogens is 2. The fourth-order valence-electron chi connectivity index (χ4n) is 4.00. The van der Waals surface area contributed by atoms with Gasteiger partial charge in [-0.1, -0.05) is 25.1 Å². The van der Waals surface area contributed by atoms with Gasteiger partial charge in [-0.15, -0.1) is 11.8 Å². The van der Waals surface area contributed by atoms with Gasteiger partial charge in [0.25, 0.3) is 0 Å². The first-order valence-corrected chi connectivity index (χ1v) is 11.7. The summed E-state index contributed by atoms with van der Waals surface area (Å²) in [4.78, 5) is 18.6. The highest BCUT2D eigenvalue weighted by atomic mass is 32.2. The molecule has 1 saturated carbocycles. The standard InChI is InChI=1S/C24H28F2N2O3S/c1-16-11-12-28(19-5-3-4-6-22(19)32-16)23(29)15-27(18-8-9-18)14-17-7-10-20(31-24(25)26)21(13-17)30-2/h3-7,10,13,16,18,24H,8-9,11-12,14-15H2,1-2H3. The van der Waals surface area contributed by atoms with Crippen LogP contribution in [0.4, 0.5) is 14.5 Å². The van der Waals surface area contributed by atoms with Gasteiger partial charge in [0.2, 0.25) is 5.91 Å². The van der Waals surface area contributed by atoms with Crippen LogP contribution in [0.5, 0.6) is 11.5 Å². The van der Waals surface area contributed by atoms with E-state index in [9.17, 15) is 13.6 Å². The maximum Gasteiger partial charge on any atom is 0.387 e. The van der Waals surface area contributed by atoms with Crippen molar-refractivity contribution in [1.29, 1.82) is 0 Å². The largest absolute Gasteiger partial charge is 0.493 e. The Morgan fingerprint density at radius 3 is 2.69 bits per heavy atom. The zero-order valence-corrected chi connectivity index (χ0v) is 19.1. The summed E-state index contributed by atoms with van der Waals surface area (Å²) in [5.41, 5.74) is 1.88. The van der Waals surface area contributed by atoms with Gasteiger partial charge in [-0.05, 0) is 49.1 Å². The average Bonchev–Trinajstić information content (AvgIpc) is 3.61. The third-order valence-corrected chi connectivity index (χ3v) is 7.01. The minimum atomic E-state index is -2.91. The minimum absolute atomic E-state index is 0.00749. The van der Waals surface area contributed by atoms with E-state index in [2.05, 4.69) is 22.6 Å². The molecule has 2 aromatic carbocycles. The first-order valence-electron chi connectivity index (χ1n) is 10.9. The highest BCUT2D eigenvalue weighted by molar-refractivity contribution is 8.00. The molecule has 1 aliphatic heterocycles. The Kier molecular flexibility index (Phi) is 7.20. The summed E-state index contributed by atoms with van der Waals surface area (Å²) in [6.07, 6.45) is 3.05. The van der Waals surface area contributed by atoms with Crippen molar-refractivity contribution in [3.8, 4) is 11.5 Å². The number of nitrogens with zero attached hydrogens (tertiary/aromatic N) is 2. The molecule has 0 N–H and O–H groups in total. The van der Waals surface area contributed by atoms with E-state index in [4.69, 9.17) is 4.74 Å². The Balaban J connectivity index is 1.49. The lowest BCUT2D eigenvalue weighted by molar-refractivity contribution is -0.120. The first-order chi connectivity index (χ1) is 15.4. The molecule has 0 radical (unpaired) electrons. The van der Waals surface area contributed by atoms with E-state index in [0.29, 0.717) is 30.9 Å². The van der Waals surface area contributed by atoms with Gasteiger partial charge in [0, 0.05) is 29.3 Å². The molecule has 1 amide bonds. The predicted octanol–water partition coefficient (Wildman–Crippen LogP) is 5.18. The van der Waals surface area contributed by atoms with Crippen LogP contribution in [0.15, 0.2) is 47.4 Å². The monoisotopic (exact) mass is 462 g/mol. The number of carbonyl (C=O) groups excluding carboxylic acids is 1. The van der Waals surface area contributed by atoms with Crippen molar-refractivity contribution < 1.29 is 23.0 Å². The van der Waals surface area contributed by atoms with Gasteiger partial charge in [-0.2, -0.15) is 8.78 Å². The topological polar surface area (TPSA) is 42.0 Å². The molecule has 1 heterocycles. The van der Waals surface area contributed by atoms with Crippen LogP contribution >= 0.6 is 11.8 Å². The Morgan fingerprint density at radius 1 is 1.19 bits per heavy atom. The van der Waals surface area contributed by atoms with Crippen LogP contribution in [0.1, 0.15) is 31.7 Å².